The molecule has 0 aliphatic heterocycles. The highest BCUT2D eigenvalue weighted by atomic mass is 19.1. The van der Waals surface area contributed by atoms with E-state index < -0.39 is 10.8 Å². The fourth-order valence-electron chi connectivity index (χ4n) is 2.01. The second kappa shape index (κ2) is 6.87. The molecule has 1 N–H and O–H groups in total. The Kier molecular flexibility index (Phi) is 4.90. The molecular weight excluding hydrogens is 303 g/mol. The summed E-state index contributed by atoms with van der Waals surface area (Å²) in [6.45, 7) is 1.74. The fourth-order valence-corrected chi connectivity index (χ4v) is 2.01. The van der Waals surface area contributed by atoms with Gasteiger partial charge in [0.2, 0.25) is 0 Å². The van der Waals surface area contributed by atoms with Crippen LogP contribution < -0.4 is 10.1 Å². The standard InChI is InChI=1S/C16H15FN2O4/c1-10-3-4-11(7-14(10)17)9-18-16(20)13-8-12(19(21)22)5-6-15(13)23-2/h3-8H,9H2,1-2H3,(H,18,20). The van der Waals surface area contributed by atoms with Crippen LogP contribution in [0, 0.1) is 22.9 Å². The number of aryl methyl sites for hydroxylation is 1. The van der Waals surface area contributed by atoms with Crippen LogP contribution in [0.1, 0.15) is 21.5 Å². The van der Waals surface area contributed by atoms with Gasteiger partial charge in [-0.25, -0.2) is 4.39 Å². The molecule has 6 nitrogen and oxygen atoms in total. The molecular formula is C16H15FN2O4. The number of rotatable bonds is 5. The average Bonchev–Trinajstić information content (AvgIpc) is 2.54. The SMILES string of the molecule is COc1ccc([N+](=O)[O-])cc1C(=O)NCc1ccc(C)c(F)c1. The molecule has 7 heteroatoms. The monoisotopic (exact) mass is 318 g/mol. The summed E-state index contributed by atoms with van der Waals surface area (Å²) < 4.78 is 18.5. The molecule has 0 saturated carbocycles. The first-order chi connectivity index (χ1) is 10.9. The van der Waals surface area contributed by atoms with E-state index in [1.165, 1.54) is 25.3 Å². The second-order valence-corrected chi connectivity index (χ2v) is 4.91. The summed E-state index contributed by atoms with van der Waals surface area (Å²) >= 11 is 0. The summed E-state index contributed by atoms with van der Waals surface area (Å²) in [5, 5.41) is 13.4. The number of hydrogen-bond acceptors (Lipinski definition) is 4. The van der Waals surface area contributed by atoms with E-state index in [0.29, 0.717) is 11.1 Å². The summed E-state index contributed by atoms with van der Waals surface area (Å²) in [5.41, 5.74) is 0.942. The molecule has 0 spiro atoms. The molecule has 120 valence electrons. The highest BCUT2D eigenvalue weighted by molar-refractivity contribution is 5.97. The van der Waals surface area contributed by atoms with E-state index in [9.17, 15) is 19.3 Å². The highest BCUT2D eigenvalue weighted by Gasteiger charge is 2.17. The number of ether oxygens (including phenoxy) is 1. The summed E-state index contributed by atoms with van der Waals surface area (Å²) in [6.07, 6.45) is 0. The number of benzene rings is 2. The zero-order valence-electron chi connectivity index (χ0n) is 12.6. The van der Waals surface area contributed by atoms with Gasteiger partial charge in [0.05, 0.1) is 17.6 Å². The minimum Gasteiger partial charge on any atom is -0.496 e. The molecule has 0 saturated heterocycles. The molecule has 2 rings (SSSR count). The van der Waals surface area contributed by atoms with Crippen LogP contribution in [0.5, 0.6) is 5.75 Å². The van der Waals surface area contributed by atoms with E-state index in [4.69, 9.17) is 4.74 Å². The summed E-state index contributed by atoms with van der Waals surface area (Å²) in [6, 6.07) is 8.40. The number of non-ortho nitro benzene ring substituents is 1. The van der Waals surface area contributed by atoms with Crippen LogP contribution in [0.2, 0.25) is 0 Å². The smallest absolute Gasteiger partial charge is 0.270 e. The lowest BCUT2D eigenvalue weighted by molar-refractivity contribution is -0.384. The van der Waals surface area contributed by atoms with Gasteiger partial charge in [-0.15, -0.1) is 0 Å². The molecule has 0 radical (unpaired) electrons. The van der Waals surface area contributed by atoms with Gasteiger partial charge in [0.15, 0.2) is 0 Å². The molecule has 0 fully saturated rings. The van der Waals surface area contributed by atoms with Gasteiger partial charge < -0.3 is 10.1 Å². The Morgan fingerprint density at radius 2 is 2.04 bits per heavy atom. The number of carbonyl (C=O) groups is 1. The maximum atomic E-state index is 13.5. The predicted octanol–water partition coefficient (Wildman–Crippen LogP) is 2.98. The Hall–Kier alpha value is -2.96. The molecule has 0 bridgehead atoms. The van der Waals surface area contributed by atoms with Crippen LogP contribution in [-0.4, -0.2) is 17.9 Å². The lowest BCUT2D eigenvalue weighted by Gasteiger charge is -2.10. The van der Waals surface area contributed by atoms with Gasteiger partial charge in [-0.2, -0.15) is 0 Å². The molecule has 0 atom stereocenters. The van der Waals surface area contributed by atoms with Crippen molar-refractivity contribution < 1.29 is 18.8 Å². The molecule has 0 unspecified atom stereocenters. The van der Waals surface area contributed by atoms with Crippen LogP contribution in [-0.2, 0) is 6.54 Å². The van der Waals surface area contributed by atoms with E-state index >= 15 is 0 Å². The van der Waals surface area contributed by atoms with Crippen molar-refractivity contribution >= 4 is 11.6 Å². The largest absolute Gasteiger partial charge is 0.496 e. The number of nitrogens with zero attached hydrogens (tertiary/aromatic N) is 1. The third-order valence-corrected chi connectivity index (χ3v) is 3.33. The van der Waals surface area contributed by atoms with Gasteiger partial charge >= 0.3 is 0 Å². The number of nitro benzene ring substituents is 1. The van der Waals surface area contributed by atoms with Crippen molar-refractivity contribution in [3.05, 3.63) is 69.0 Å². The Morgan fingerprint density at radius 3 is 2.65 bits per heavy atom. The summed E-state index contributed by atoms with van der Waals surface area (Å²) in [4.78, 5) is 22.4. The number of nitrogens with one attached hydrogen (secondary N) is 1. The van der Waals surface area contributed by atoms with Crippen molar-refractivity contribution in [2.45, 2.75) is 13.5 Å². The van der Waals surface area contributed by atoms with Crippen molar-refractivity contribution in [1.82, 2.24) is 5.32 Å². The van der Waals surface area contributed by atoms with Crippen molar-refractivity contribution in [3.63, 3.8) is 0 Å². The Balaban J connectivity index is 2.17. The van der Waals surface area contributed by atoms with Crippen LogP contribution in [0.3, 0.4) is 0 Å². The number of hydrogen-bond donors (Lipinski definition) is 1. The summed E-state index contributed by atoms with van der Waals surface area (Å²) in [5.74, 6) is -0.667. The molecule has 0 aliphatic rings. The Morgan fingerprint density at radius 1 is 1.30 bits per heavy atom. The maximum Gasteiger partial charge on any atom is 0.270 e. The van der Waals surface area contributed by atoms with E-state index in [0.717, 1.165) is 6.07 Å². The topological polar surface area (TPSA) is 81.5 Å². The van der Waals surface area contributed by atoms with E-state index in [2.05, 4.69) is 5.32 Å². The average molecular weight is 318 g/mol. The van der Waals surface area contributed by atoms with Gasteiger partial charge in [-0.1, -0.05) is 12.1 Å². The number of halogens is 1. The molecule has 23 heavy (non-hydrogen) atoms. The lowest BCUT2D eigenvalue weighted by Crippen LogP contribution is -2.23. The van der Waals surface area contributed by atoms with E-state index in [1.807, 2.05) is 0 Å². The first-order valence-electron chi connectivity index (χ1n) is 6.78. The molecule has 1 amide bonds. The van der Waals surface area contributed by atoms with Crippen LogP contribution in [0.15, 0.2) is 36.4 Å². The fraction of sp³-hybridized carbons (Fsp3) is 0.188. The quantitative estimate of drug-likeness (QED) is 0.679. The maximum absolute atomic E-state index is 13.5. The van der Waals surface area contributed by atoms with Gasteiger partial charge in [-0.3, -0.25) is 14.9 Å². The zero-order valence-corrected chi connectivity index (χ0v) is 12.6. The van der Waals surface area contributed by atoms with Crippen molar-refractivity contribution in [2.75, 3.05) is 7.11 Å². The minimum atomic E-state index is -0.592. The third kappa shape index (κ3) is 3.82. The number of nitro groups is 1. The number of amides is 1. The molecule has 0 aliphatic carbocycles. The van der Waals surface area contributed by atoms with Gasteiger partial charge in [0.1, 0.15) is 11.6 Å². The second-order valence-electron chi connectivity index (χ2n) is 4.91. The van der Waals surface area contributed by atoms with E-state index in [1.54, 1.807) is 19.1 Å². The first-order valence-corrected chi connectivity index (χ1v) is 6.78. The predicted molar refractivity (Wildman–Crippen MR) is 82.0 cm³/mol. The molecule has 0 aromatic heterocycles. The highest BCUT2D eigenvalue weighted by Crippen LogP contribution is 2.24. The number of methoxy groups -OCH3 is 1. The van der Waals surface area contributed by atoms with Gasteiger partial charge in [0.25, 0.3) is 11.6 Å². The minimum absolute atomic E-state index is 0.0503. The molecule has 0 heterocycles. The first kappa shape index (κ1) is 16.4. The van der Waals surface area contributed by atoms with Crippen molar-refractivity contribution in [2.24, 2.45) is 0 Å². The molecule has 2 aromatic carbocycles. The zero-order chi connectivity index (χ0) is 17.0. The van der Waals surface area contributed by atoms with Gasteiger partial charge in [-0.05, 0) is 30.2 Å². The lowest BCUT2D eigenvalue weighted by atomic mass is 10.1. The Bertz CT molecular complexity index is 762. The third-order valence-electron chi connectivity index (χ3n) is 3.33. The van der Waals surface area contributed by atoms with E-state index in [-0.39, 0.29) is 29.4 Å². The van der Waals surface area contributed by atoms with Crippen molar-refractivity contribution in [3.8, 4) is 5.75 Å². The Labute approximate surface area is 132 Å². The van der Waals surface area contributed by atoms with Crippen LogP contribution in [0.25, 0.3) is 0 Å². The summed E-state index contributed by atoms with van der Waals surface area (Å²) in [7, 11) is 1.37. The number of carbonyl (C=O) groups excluding carboxylic acids is 1. The van der Waals surface area contributed by atoms with Crippen LogP contribution >= 0.6 is 0 Å². The normalized spacial score (nSPS) is 10.2. The molecule has 2 aromatic rings. The van der Waals surface area contributed by atoms with Crippen molar-refractivity contribution in [1.29, 1.82) is 0 Å². The van der Waals surface area contributed by atoms with Crippen LogP contribution in [0.4, 0.5) is 10.1 Å². The van der Waals surface area contributed by atoms with Gasteiger partial charge in [0, 0.05) is 18.7 Å².